The molecule has 1 heterocycles. The molecule has 0 radical (unpaired) electrons. The summed E-state index contributed by atoms with van der Waals surface area (Å²) in [5.41, 5.74) is 1.35. The summed E-state index contributed by atoms with van der Waals surface area (Å²) in [4.78, 5) is 6.61. The average molecular weight is 363 g/mol. The van der Waals surface area contributed by atoms with Crippen LogP contribution in [0.1, 0.15) is 24.8 Å². The van der Waals surface area contributed by atoms with Crippen molar-refractivity contribution >= 4 is 5.96 Å². The predicted molar refractivity (Wildman–Crippen MR) is 107 cm³/mol. The molecule has 1 aromatic carbocycles. The number of benzene rings is 1. The zero-order valence-electron chi connectivity index (χ0n) is 16.2. The lowest BCUT2D eigenvalue weighted by Crippen LogP contribution is -2.39. The molecule has 6 heteroatoms. The fourth-order valence-corrected chi connectivity index (χ4v) is 2.92. The molecule has 0 amide bonds. The van der Waals surface area contributed by atoms with Gasteiger partial charge in [0, 0.05) is 39.9 Å². The first-order valence-electron chi connectivity index (χ1n) is 9.64. The Bertz CT molecular complexity index is 504. The summed E-state index contributed by atoms with van der Waals surface area (Å²) in [5.74, 6) is 0.861. The lowest BCUT2D eigenvalue weighted by atomic mass is 10.2. The van der Waals surface area contributed by atoms with E-state index in [9.17, 15) is 0 Å². The number of nitrogens with zero attached hydrogens (tertiary/aromatic N) is 2. The van der Waals surface area contributed by atoms with Gasteiger partial charge in [0.25, 0.3) is 0 Å². The monoisotopic (exact) mass is 362 g/mol. The van der Waals surface area contributed by atoms with Crippen LogP contribution in [0.3, 0.4) is 0 Å². The quantitative estimate of drug-likeness (QED) is 0.358. The summed E-state index contributed by atoms with van der Waals surface area (Å²) >= 11 is 0. The largest absolute Gasteiger partial charge is 0.379 e. The van der Waals surface area contributed by atoms with Gasteiger partial charge in [-0.05, 0) is 38.4 Å². The maximum atomic E-state index is 5.76. The van der Waals surface area contributed by atoms with E-state index in [-0.39, 0.29) is 0 Å². The zero-order chi connectivity index (χ0) is 18.5. The van der Waals surface area contributed by atoms with E-state index in [0.29, 0.717) is 6.10 Å². The second kappa shape index (κ2) is 12.7. The summed E-state index contributed by atoms with van der Waals surface area (Å²) in [7, 11) is 3.97. The molecule has 0 aromatic heterocycles. The van der Waals surface area contributed by atoms with Crippen molar-refractivity contribution in [3.63, 3.8) is 0 Å². The Kier molecular flexibility index (Phi) is 10.1. The van der Waals surface area contributed by atoms with E-state index in [1.54, 1.807) is 0 Å². The summed E-state index contributed by atoms with van der Waals surface area (Å²) in [5, 5.41) is 6.71. The normalized spacial score (nSPS) is 17.7. The Labute approximate surface area is 158 Å². The Morgan fingerprint density at radius 2 is 2.00 bits per heavy atom. The number of hydrogen-bond acceptors (Lipinski definition) is 4. The molecule has 1 fully saturated rings. The van der Waals surface area contributed by atoms with Crippen molar-refractivity contribution in [3.05, 3.63) is 35.9 Å². The molecule has 2 N–H and O–H groups in total. The third-order valence-corrected chi connectivity index (χ3v) is 4.38. The first kappa shape index (κ1) is 20.7. The van der Waals surface area contributed by atoms with Crippen LogP contribution < -0.4 is 10.6 Å². The number of nitrogens with one attached hydrogen (secondary N) is 2. The fraction of sp³-hybridized carbons (Fsp3) is 0.650. The Hall–Kier alpha value is -1.63. The van der Waals surface area contributed by atoms with Crippen LogP contribution in [0.15, 0.2) is 35.3 Å². The number of guanidine groups is 1. The molecule has 1 saturated heterocycles. The van der Waals surface area contributed by atoms with Crippen molar-refractivity contribution in [2.24, 2.45) is 4.99 Å². The smallest absolute Gasteiger partial charge is 0.190 e. The first-order chi connectivity index (χ1) is 12.8. The van der Waals surface area contributed by atoms with Gasteiger partial charge < -0.3 is 25.0 Å². The molecule has 0 saturated carbocycles. The highest BCUT2D eigenvalue weighted by Crippen LogP contribution is 2.07. The van der Waals surface area contributed by atoms with Crippen molar-refractivity contribution in [3.8, 4) is 0 Å². The summed E-state index contributed by atoms with van der Waals surface area (Å²) in [6.45, 7) is 6.16. The average Bonchev–Trinajstić information content (AvgIpc) is 3.17. The highest BCUT2D eigenvalue weighted by molar-refractivity contribution is 5.79. The van der Waals surface area contributed by atoms with Crippen LogP contribution in [0.5, 0.6) is 0 Å². The van der Waals surface area contributed by atoms with E-state index in [1.165, 1.54) is 5.56 Å². The minimum absolute atomic E-state index is 0.292. The number of rotatable bonds is 11. The van der Waals surface area contributed by atoms with Gasteiger partial charge >= 0.3 is 0 Å². The second-order valence-corrected chi connectivity index (χ2v) is 6.71. The van der Waals surface area contributed by atoms with Gasteiger partial charge in [0.05, 0.1) is 12.7 Å². The Morgan fingerprint density at radius 3 is 2.69 bits per heavy atom. The summed E-state index contributed by atoms with van der Waals surface area (Å²) in [6, 6.07) is 10.6. The van der Waals surface area contributed by atoms with E-state index >= 15 is 0 Å². The molecule has 2 rings (SSSR count). The minimum atomic E-state index is 0.292. The van der Waals surface area contributed by atoms with Gasteiger partial charge in [0.2, 0.25) is 0 Å². The molecule has 1 atom stereocenters. The van der Waals surface area contributed by atoms with Gasteiger partial charge in [-0.3, -0.25) is 4.99 Å². The third-order valence-electron chi connectivity index (χ3n) is 4.38. The van der Waals surface area contributed by atoms with E-state index in [4.69, 9.17) is 9.47 Å². The van der Waals surface area contributed by atoms with E-state index in [0.717, 1.165) is 71.2 Å². The Balaban J connectivity index is 1.47. The van der Waals surface area contributed by atoms with Crippen LogP contribution in [0.2, 0.25) is 0 Å². The molecular formula is C20H34N4O2. The zero-order valence-corrected chi connectivity index (χ0v) is 16.2. The molecular weight excluding hydrogens is 328 g/mol. The maximum absolute atomic E-state index is 5.76. The first-order valence-corrected chi connectivity index (χ1v) is 9.64. The number of aliphatic imine (C=N–C) groups is 1. The topological polar surface area (TPSA) is 58.1 Å². The van der Waals surface area contributed by atoms with Gasteiger partial charge in [-0.1, -0.05) is 30.3 Å². The van der Waals surface area contributed by atoms with Crippen LogP contribution in [-0.2, 0) is 16.0 Å². The van der Waals surface area contributed by atoms with Crippen LogP contribution in [0.4, 0.5) is 0 Å². The molecule has 1 aliphatic rings. The van der Waals surface area contributed by atoms with Crippen LogP contribution in [0, 0.1) is 0 Å². The SMILES string of the molecule is CN=C(NCCCOC1CCOC1)NCCCN(C)Cc1ccccc1. The van der Waals surface area contributed by atoms with E-state index in [2.05, 4.69) is 57.9 Å². The molecule has 0 bridgehead atoms. The van der Waals surface area contributed by atoms with E-state index in [1.807, 2.05) is 7.05 Å². The minimum Gasteiger partial charge on any atom is -0.379 e. The predicted octanol–water partition coefficient (Wildman–Crippen LogP) is 1.87. The molecule has 0 spiro atoms. The molecule has 146 valence electrons. The van der Waals surface area contributed by atoms with Crippen molar-refractivity contribution in [1.29, 1.82) is 0 Å². The van der Waals surface area contributed by atoms with Crippen molar-refractivity contribution in [2.45, 2.75) is 31.9 Å². The molecule has 26 heavy (non-hydrogen) atoms. The van der Waals surface area contributed by atoms with Crippen LogP contribution in [0.25, 0.3) is 0 Å². The van der Waals surface area contributed by atoms with Crippen LogP contribution in [-0.4, -0.2) is 70.5 Å². The second-order valence-electron chi connectivity index (χ2n) is 6.71. The van der Waals surface area contributed by atoms with Crippen molar-refractivity contribution in [1.82, 2.24) is 15.5 Å². The van der Waals surface area contributed by atoms with Gasteiger partial charge in [-0.25, -0.2) is 0 Å². The molecule has 1 unspecified atom stereocenters. The lowest BCUT2D eigenvalue weighted by Gasteiger charge is -2.17. The summed E-state index contributed by atoms with van der Waals surface area (Å²) < 4.78 is 11.1. The lowest BCUT2D eigenvalue weighted by molar-refractivity contribution is 0.0420. The van der Waals surface area contributed by atoms with E-state index < -0.39 is 0 Å². The third kappa shape index (κ3) is 8.65. The standard InChI is InChI=1S/C20H34N4O2/c1-21-20(23-12-7-14-26-19-10-15-25-17-19)22-11-6-13-24(2)16-18-8-4-3-5-9-18/h3-5,8-9,19H,6-7,10-17H2,1-2H3,(H2,21,22,23). The van der Waals surface area contributed by atoms with Gasteiger partial charge in [-0.15, -0.1) is 0 Å². The fourth-order valence-electron chi connectivity index (χ4n) is 2.92. The number of ether oxygens (including phenoxy) is 2. The van der Waals surface area contributed by atoms with Crippen molar-refractivity contribution < 1.29 is 9.47 Å². The molecule has 1 aromatic rings. The van der Waals surface area contributed by atoms with Gasteiger partial charge in [-0.2, -0.15) is 0 Å². The summed E-state index contributed by atoms with van der Waals surface area (Å²) in [6.07, 6.45) is 3.36. The van der Waals surface area contributed by atoms with Crippen LogP contribution >= 0.6 is 0 Å². The number of hydrogen-bond donors (Lipinski definition) is 2. The van der Waals surface area contributed by atoms with Gasteiger partial charge in [0.15, 0.2) is 5.96 Å². The molecule has 6 nitrogen and oxygen atoms in total. The van der Waals surface area contributed by atoms with Gasteiger partial charge in [0.1, 0.15) is 0 Å². The maximum Gasteiger partial charge on any atom is 0.190 e. The Morgan fingerprint density at radius 1 is 1.23 bits per heavy atom. The highest BCUT2D eigenvalue weighted by Gasteiger charge is 2.15. The molecule has 0 aliphatic carbocycles. The van der Waals surface area contributed by atoms with Crippen molar-refractivity contribution in [2.75, 3.05) is 53.6 Å². The molecule has 1 aliphatic heterocycles. The highest BCUT2D eigenvalue weighted by atomic mass is 16.5.